The Kier molecular flexibility index (Phi) is 3.26. The Morgan fingerprint density at radius 1 is 1.47 bits per heavy atom. The number of hydrogen-bond acceptors (Lipinski definition) is 6. The third-order valence-corrected chi connectivity index (χ3v) is 2.74. The zero-order chi connectivity index (χ0) is 12.6. The number of azide groups is 1. The first-order valence-corrected chi connectivity index (χ1v) is 5.34. The molecule has 0 aliphatic carbocycles. The maximum absolute atomic E-state index is 9.93. The minimum atomic E-state index is -1.23. The number of ether oxygens (including phenoxy) is 3. The molecule has 0 aromatic heterocycles. The summed E-state index contributed by atoms with van der Waals surface area (Å²) in [4.78, 5) is 2.47. The molecule has 0 unspecified atom stereocenters. The third-order valence-electron chi connectivity index (χ3n) is 2.74. The van der Waals surface area contributed by atoms with E-state index in [4.69, 9.17) is 19.7 Å². The van der Waals surface area contributed by atoms with Gasteiger partial charge in [-0.25, -0.2) is 0 Å². The highest BCUT2D eigenvalue weighted by atomic mass is 16.8. The van der Waals surface area contributed by atoms with Gasteiger partial charge in [0.15, 0.2) is 12.1 Å². The molecule has 2 aliphatic rings. The van der Waals surface area contributed by atoms with Crippen molar-refractivity contribution < 1.29 is 24.4 Å². The summed E-state index contributed by atoms with van der Waals surface area (Å²) in [6.45, 7) is 3.45. The first-order chi connectivity index (χ1) is 7.93. The first kappa shape index (κ1) is 12.6. The lowest BCUT2D eigenvalue weighted by molar-refractivity contribution is -0.217. The molecule has 2 N–H and O–H groups in total. The highest BCUT2D eigenvalue weighted by Gasteiger charge is 2.54. The van der Waals surface area contributed by atoms with Gasteiger partial charge in [-0.1, -0.05) is 5.11 Å². The second kappa shape index (κ2) is 4.41. The van der Waals surface area contributed by atoms with Crippen LogP contribution in [0.4, 0.5) is 0 Å². The molecule has 5 atom stereocenters. The minimum absolute atomic E-state index is 0.00533. The molecule has 2 heterocycles. The highest BCUT2D eigenvalue weighted by Crippen LogP contribution is 2.38. The predicted octanol–water partition coefficient (Wildman–Crippen LogP) is 0.242. The number of rotatable bonds is 3. The largest absolute Gasteiger partial charge is 0.387 e. The van der Waals surface area contributed by atoms with Crippen molar-refractivity contribution in [2.24, 2.45) is 5.11 Å². The molecular weight excluding hydrogens is 230 g/mol. The summed E-state index contributed by atoms with van der Waals surface area (Å²) in [5.74, 6) is -0.787. The third kappa shape index (κ3) is 2.52. The van der Waals surface area contributed by atoms with Crippen LogP contribution in [0.1, 0.15) is 20.3 Å². The zero-order valence-electron chi connectivity index (χ0n) is 9.55. The fourth-order valence-corrected chi connectivity index (χ4v) is 2.07. The van der Waals surface area contributed by atoms with E-state index in [9.17, 15) is 10.2 Å². The molecule has 8 nitrogen and oxygen atoms in total. The lowest BCUT2D eigenvalue weighted by Crippen LogP contribution is -2.35. The van der Waals surface area contributed by atoms with Crippen molar-refractivity contribution in [3.8, 4) is 0 Å². The summed E-state index contributed by atoms with van der Waals surface area (Å²) >= 11 is 0. The average Bonchev–Trinajstić information content (AvgIpc) is 2.63. The van der Waals surface area contributed by atoms with Crippen LogP contribution in [0.15, 0.2) is 5.11 Å². The predicted molar refractivity (Wildman–Crippen MR) is 54.5 cm³/mol. The van der Waals surface area contributed by atoms with Crippen LogP contribution in [-0.2, 0) is 14.2 Å². The van der Waals surface area contributed by atoms with E-state index in [2.05, 4.69) is 10.0 Å². The van der Waals surface area contributed by atoms with Gasteiger partial charge in [0.25, 0.3) is 0 Å². The smallest absolute Gasteiger partial charge is 0.190 e. The molecule has 17 heavy (non-hydrogen) atoms. The Bertz CT molecular complexity index is 344. The van der Waals surface area contributed by atoms with Crippen LogP contribution in [0.25, 0.3) is 10.4 Å². The fraction of sp³-hybridized carbons (Fsp3) is 1.00. The van der Waals surface area contributed by atoms with Gasteiger partial charge >= 0.3 is 0 Å². The Hall–Kier alpha value is -0.890. The summed E-state index contributed by atoms with van der Waals surface area (Å²) in [6.07, 6.45) is -4.03. The average molecular weight is 245 g/mol. The summed E-state index contributed by atoms with van der Waals surface area (Å²) < 4.78 is 16.3. The van der Waals surface area contributed by atoms with Gasteiger partial charge in [-0.05, 0) is 19.4 Å². The van der Waals surface area contributed by atoms with Gasteiger partial charge in [-0.15, -0.1) is 0 Å². The highest BCUT2D eigenvalue weighted by molar-refractivity contribution is 4.93. The molecule has 0 radical (unpaired) electrons. The van der Waals surface area contributed by atoms with Gasteiger partial charge in [-0.2, -0.15) is 0 Å². The maximum Gasteiger partial charge on any atom is 0.190 e. The van der Waals surface area contributed by atoms with E-state index in [1.165, 1.54) is 0 Å². The Labute approximate surface area is 97.7 Å². The quantitative estimate of drug-likeness (QED) is 0.419. The van der Waals surface area contributed by atoms with Crippen LogP contribution < -0.4 is 0 Å². The molecule has 0 bridgehead atoms. The second-order valence-corrected chi connectivity index (χ2v) is 4.55. The second-order valence-electron chi connectivity index (χ2n) is 4.55. The van der Waals surface area contributed by atoms with E-state index in [1.807, 2.05) is 0 Å². The molecule has 2 fully saturated rings. The summed E-state index contributed by atoms with van der Waals surface area (Å²) in [6, 6.07) is 0. The molecular formula is C9H15N3O5. The van der Waals surface area contributed by atoms with Crippen molar-refractivity contribution >= 4 is 0 Å². The fourth-order valence-electron chi connectivity index (χ4n) is 2.07. The molecule has 96 valence electrons. The van der Waals surface area contributed by atoms with Crippen molar-refractivity contribution in [2.45, 2.75) is 56.9 Å². The van der Waals surface area contributed by atoms with E-state index in [0.29, 0.717) is 0 Å². The number of nitrogens with zero attached hydrogens (tertiary/aromatic N) is 3. The van der Waals surface area contributed by atoms with Crippen molar-refractivity contribution in [1.82, 2.24) is 0 Å². The molecule has 2 rings (SSSR count). The first-order valence-electron chi connectivity index (χ1n) is 5.34. The van der Waals surface area contributed by atoms with Gasteiger partial charge < -0.3 is 24.4 Å². The Morgan fingerprint density at radius 2 is 2.18 bits per heavy atom. The standard InChI is InChI=1S/C9H15N3O5/c1-9(2)16-7-6(14)4(15-8(7)17-9)3-5(13)11-12-10/h4-8,13-14H,3H2,1-2H3/t4-,5-,6+,7-,8-/m1/s1. The summed E-state index contributed by atoms with van der Waals surface area (Å²) in [7, 11) is 0. The number of hydrogen-bond donors (Lipinski definition) is 2. The molecule has 0 aromatic rings. The SMILES string of the molecule is CC1(C)O[C@H]2O[C@H](C[C@@H](O)N=[N+]=[N-])[C@H](O)[C@H]2O1. The monoisotopic (exact) mass is 245 g/mol. The maximum atomic E-state index is 9.93. The van der Waals surface area contributed by atoms with Gasteiger partial charge in [-0.3, -0.25) is 0 Å². The molecule has 0 amide bonds. The van der Waals surface area contributed by atoms with Crippen LogP contribution in [0.2, 0.25) is 0 Å². The van der Waals surface area contributed by atoms with Crippen molar-refractivity contribution in [3.05, 3.63) is 10.4 Å². The van der Waals surface area contributed by atoms with Gasteiger partial charge in [0.1, 0.15) is 18.4 Å². The van der Waals surface area contributed by atoms with E-state index in [1.54, 1.807) is 13.8 Å². The topological polar surface area (TPSA) is 117 Å². The summed E-state index contributed by atoms with van der Waals surface area (Å²) in [5, 5.41) is 22.3. The van der Waals surface area contributed by atoms with E-state index < -0.39 is 36.6 Å². The Morgan fingerprint density at radius 3 is 2.76 bits per heavy atom. The normalized spacial score (nSPS) is 40.7. The van der Waals surface area contributed by atoms with E-state index in [0.717, 1.165) is 0 Å². The van der Waals surface area contributed by atoms with Crippen molar-refractivity contribution in [3.63, 3.8) is 0 Å². The number of aliphatic hydroxyl groups is 2. The van der Waals surface area contributed by atoms with Gasteiger partial charge in [0.2, 0.25) is 0 Å². The molecule has 0 spiro atoms. The van der Waals surface area contributed by atoms with E-state index in [-0.39, 0.29) is 6.42 Å². The van der Waals surface area contributed by atoms with Gasteiger partial charge in [0, 0.05) is 11.3 Å². The van der Waals surface area contributed by atoms with Crippen LogP contribution in [0, 0.1) is 0 Å². The molecule has 8 heteroatoms. The van der Waals surface area contributed by atoms with Crippen molar-refractivity contribution in [2.75, 3.05) is 0 Å². The lowest BCUT2D eigenvalue weighted by Gasteiger charge is -2.23. The van der Waals surface area contributed by atoms with Crippen LogP contribution >= 0.6 is 0 Å². The van der Waals surface area contributed by atoms with Gasteiger partial charge in [0.05, 0.1) is 6.10 Å². The van der Waals surface area contributed by atoms with Crippen LogP contribution in [-0.4, -0.2) is 46.8 Å². The number of aliphatic hydroxyl groups excluding tert-OH is 2. The Balaban J connectivity index is 1.96. The van der Waals surface area contributed by atoms with Crippen LogP contribution in [0.5, 0.6) is 0 Å². The number of fused-ring (bicyclic) bond motifs is 1. The van der Waals surface area contributed by atoms with E-state index >= 15 is 0 Å². The minimum Gasteiger partial charge on any atom is -0.387 e. The lowest BCUT2D eigenvalue weighted by atomic mass is 10.1. The molecule has 2 aliphatic heterocycles. The molecule has 2 saturated heterocycles. The summed E-state index contributed by atoms with van der Waals surface area (Å²) in [5.41, 5.74) is 8.15. The molecule has 0 saturated carbocycles. The molecule has 0 aromatic carbocycles. The van der Waals surface area contributed by atoms with Crippen molar-refractivity contribution in [1.29, 1.82) is 0 Å². The zero-order valence-corrected chi connectivity index (χ0v) is 9.55. The van der Waals surface area contributed by atoms with Crippen LogP contribution in [0.3, 0.4) is 0 Å².